The molecule has 0 amide bonds. The van der Waals surface area contributed by atoms with Gasteiger partial charge in [-0.2, -0.15) is 0 Å². The Kier molecular flexibility index (Phi) is 4.43. The Morgan fingerprint density at radius 2 is 1.94 bits per heavy atom. The predicted octanol–water partition coefficient (Wildman–Crippen LogP) is 3.41. The quantitative estimate of drug-likeness (QED) is 0.868. The van der Waals surface area contributed by atoms with Gasteiger partial charge in [0.05, 0.1) is 6.61 Å². The molecule has 1 unspecified atom stereocenters. The van der Waals surface area contributed by atoms with Crippen molar-refractivity contribution in [2.75, 3.05) is 6.61 Å². The lowest BCUT2D eigenvalue weighted by molar-refractivity contribution is 0.0956. The third-order valence-electron chi connectivity index (χ3n) is 3.63. The molecule has 0 aliphatic heterocycles. The Morgan fingerprint density at radius 1 is 1.24 bits per heavy atom. The van der Waals surface area contributed by atoms with Crippen molar-refractivity contribution in [3.8, 4) is 0 Å². The molecule has 17 heavy (non-hydrogen) atoms. The lowest BCUT2D eigenvalue weighted by atomic mass is 9.83. The van der Waals surface area contributed by atoms with Crippen molar-refractivity contribution in [1.82, 2.24) is 0 Å². The maximum Gasteiger partial charge on any atom is 0.102 e. The summed E-state index contributed by atoms with van der Waals surface area (Å²) < 4.78 is 0. The van der Waals surface area contributed by atoms with E-state index in [1.807, 2.05) is 12.1 Å². The summed E-state index contributed by atoms with van der Waals surface area (Å²) in [5.41, 5.74) is 1.89. The Morgan fingerprint density at radius 3 is 2.53 bits per heavy atom. The topological polar surface area (TPSA) is 40.5 Å². The normalized spacial score (nSPS) is 19.2. The van der Waals surface area contributed by atoms with Gasteiger partial charge in [-0.15, -0.1) is 0 Å². The minimum Gasteiger partial charge on any atom is -0.393 e. The van der Waals surface area contributed by atoms with Crippen molar-refractivity contribution in [2.45, 2.75) is 44.1 Å². The molecule has 0 saturated heterocycles. The first kappa shape index (κ1) is 12.9. The number of benzene rings is 1. The number of halogens is 1. The molecule has 1 saturated carbocycles. The lowest BCUT2D eigenvalue weighted by Crippen LogP contribution is -2.07. The van der Waals surface area contributed by atoms with Crippen LogP contribution in [0.15, 0.2) is 18.2 Å². The van der Waals surface area contributed by atoms with Gasteiger partial charge in [0, 0.05) is 5.02 Å². The van der Waals surface area contributed by atoms with E-state index < -0.39 is 6.10 Å². The molecule has 1 atom stereocenters. The second-order valence-corrected chi connectivity index (χ2v) is 5.22. The van der Waals surface area contributed by atoms with Crippen LogP contribution in [0.4, 0.5) is 0 Å². The van der Waals surface area contributed by atoms with Gasteiger partial charge >= 0.3 is 0 Å². The first-order chi connectivity index (χ1) is 8.22. The van der Waals surface area contributed by atoms with E-state index in [1.165, 1.54) is 37.7 Å². The highest BCUT2D eigenvalue weighted by molar-refractivity contribution is 6.31. The molecule has 1 aromatic rings. The van der Waals surface area contributed by atoms with Crippen molar-refractivity contribution in [1.29, 1.82) is 0 Å². The summed E-state index contributed by atoms with van der Waals surface area (Å²) in [6.07, 6.45) is 5.48. The smallest absolute Gasteiger partial charge is 0.102 e. The van der Waals surface area contributed by atoms with Gasteiger partial charge in [-0.1, -0.05) is 43.0 Å². The summed E-state index contributed by atoms with van der Waals surface area (Å²) in [6.45, 7) is -0.265. The van der Waals surface area contributed by atoms with Crippen LogP contribution in [0.1, 0.15) is 55.3 Å². The van der Waals surface area contributed by atoms with E-state index in [2.05, 4.69) is 0 Å². The van der Waals surface area contributed by atoms with Gasteiger partial charge in [-0.25, -0.2) is 0 Å². The molecule has 1 aliphatic carbocycles. The van der Waals surface area contributed by atoms with Gasteiger partial charge in [0.15, 0.2) is 0 Å². The summed E-state index contributed by atoms with van der Waals surface area (Å²) >= 11 is 6.27. The van der Waals surface area contributed by atoms with Crippen LogP contribution in [0.3, 0.4) is 0 Å². The highest BCUT2D eigenvalue weighted by atomic mass is 35.5. The standard InChI is InChI=1S/C14H19ClO2/c15-13-8-11(14(17)9-16)6-7-12(13)10-4-2-1-3-5-10/h6-8,10,14,16-17H,1-5,9H2. The molecule has 3 heteroatoms. The Hall–Kier alpha value is -0.570. The zero-order valence-electron chi connectivity index (χ0n) is 9.90. The fraction of sp³-hybridized carbons (Fsp3) is 0.571. The van der Waals surface area contributed by atoms with Crippen molar-refractivity contribution in [3.05, 3.63) is 34.3 Å². The molecule has 1 fully saturated rings. The van der Waals surface area contributed by atoms with Crippen molar-refractivity contribution in [3.63, 3.8) is 0 Å². The van der Waals surface area contributed by atoms with Crippen LogP contribution in [0.5, 0.6) is 0 Å². The molecule has 0 radical (unpaired) electrons. The minimum atomic E-state index is -0.826. The lowest BCUT2D eigenvalue weighted by Gasteiger charge is -2.23. The summed E-state index contributed by atoms with van der Waals surface area (Å²) in [5, 5.41) is 19.2. The second-order valence-electron chi connectivity index (χ2n) is 4.81. The average molecular weight is 255 g/mol. The molecule has 0 bridgehead atoms. The summed E-state index contributed by atoms with van der Waals surface area (Å²) in [6, 6.07) is 5.66. The SMILES string of the molecule is OCC(O)c1ccc(C2CCCCC2)c(Cl)c1. The summed E-state index contributed by atoms with van der Waals surface area (Å²) in [4.78, 5) is 0. The van der Waals surface area contributed by atoms with Crippen LogP contribution in [0, 0.1) is 0 Å². The molecule has 2 rings (SSSR count). The van der Waals surface area contributed by atoms with E-state index in [1.54, 1.807) is 6.07 Å². The van der Waals surface area contributed by atoms with Crippen molar-refractivity contribution in [2.24, 2.45) is 0 Å². The van der Waals surface area contributed by atoms with Crippen LogP contribution in [0.2, 0.25) is 5.02 Å². The molecule has 0 aromatic heterocycles. The first-order valence-electron chi connectivity index (χ1n) is 6.30. The van der Waals surface area contributed by atoms with E-state index in [4.69, 9.17) is 16.7 Å². The largest absolute Gasteiger partial charge is 0.393 e. The van der Waals surface area contributed by atoms with Gasteiger partial charge in [0.2, 0.25) is 0 Å². The number of rotatable bonds is 3. The van der Waals surface area contributed by atoms with Gasteiger partial charge in [-0.3, -0.25) is 0 Å². The van der Waals surface area contributed by atoms with Gasteiger partial charge in [-0.05, 0) is 36.0 Å². The van der Waals surface area contributed by atoms with Crippen LogP contribution in [-0.4, -0.2) is 16.8 Å². The minimum absolute atomic E-state index is 0.265. The van der Waals surface area contributed by atoms with E-state index in [-0.39, 0.29) is 6.61 Å². The van der Waals surface area contributed by atoms with E-state index in [0.717, 1.165) is 5.02 Å². The number of aliphatic hydroxyl groups is 2. The molecule has 1 aromatic carbocycles. The highest BCUT2D eigenvalue weighted by Gasteiger charge is 2.18. The number of hydrogen-bond donors (Lipinski definition) is 2. The maximum absolute atomic E-state index is 9.55. The molecule has 0 heterocycles. The molecule has 1 aliphatic rings. The molecule has 2 nitrogen and oxygen atoms in total. The molecular weight excluding hydrogens is 236 g/mol. The van der Waals surface area contributed by atoms with E-state index in [0.29, 0.717) is 11.5 Å². The Labute approximate surface area is 107 Å². The molecule has 94 valence electrons. The zero-order valence-corrected chi connectivity index (χ0v) is 10.7. The van der Waals surface area contributed by atoms with E-state index >= 15 is 0 Å². The van der Waals surface area contributed by atoms with E-state index in [9.17, 15) is 5.11 Å². The number of aliphatic hydroxyl groups excluding tert-OH is 2. The van der Waals surface area contributed by atoms with Gasteiger partial charge in [0.25, 0.3) is 0 Å². The molecule has 2 N–H and O–H groups in total. The summed E-state index contributed by atoms with van der Waals surface area (Å²) in [5.74, 6) is 0.566. The number of hydrogen-bond acceptors (Lipinski definition) is 2. The predicted molar refractivity (Wildman–Crippen MR) is 69.3 cm³/mol. The van der Waals surface area contributed by atoms with Crippen LogP contribution in [-0.2, 0) is 0 Å². The fourth-order valence-corrected chi connectivity index (χ4v) is 2.94. The van der Waals surface area contributed by atoms with Gasteiger partial charge < -0.3 is 10.2 Å². The second kappa shape index (κ2) is 5.85. The first-order valence-corrected chi connectivity index (χ1v) is 6.68. The molecule has 0 spiro atoms. The molecular formula is C14H19ClO2. The Balaban J connectivity index is 2.18. The van der Waals surface area contributed by atoms with Crippen molar-refractivity contribution < 1.29 is 10.2 Å². The third-order valence-corrected chi connectivity index (χ3v) is 3.95. The van der Waals surface area contributed by atoms with Crippen molar-refractivity contribution >= 4 is 11.6 Å². The van der Waals surface area contributed by atoms with Gasteiger partial charge in [0.1, 0.15) is 6.10 Å². The fourth-order valence-electron chi connectivity index (χ4n) is 2.60. The maximum atomic E-state index is 9.55. The Bertz CT molecular complexity index is 372. The highest BCUT2D eigenvalue weighted by Crippen LogP contribution is 2.37. The monoisotopic (exact) mass is 254 g/mol. The van der Waals surface area contributed by atoms with Crippen LogP contribution >= 0.6 is 11.6 Å². The average Bonchev–Trinajstić information content (AvgIpc) is 2.38. The van der Waals surface area contributed by atoms with Crippen LogP contribution < -0.4 is 0 Å². The third kappa shape index (κ3) is 3.01. The summed E-state index contributed by atoms with van der Waals surface area (Å²) in [7, 11) is 0. The zero-order chi connectivity index (χ0) is 12.3. The van der Waals surface area contributed by atoms with Crippen LogP contribution in [0.25, 0.3) is 0 Å².